The minimum Gasteiger partial charge on any atom is -0.507 e. The third-order valence-electron chi connectivity index (χ3n) is 5.87. The molecule has 2 aromatic heterocycles. The Morgan fingerprint density at radius 1 is 1.11 bits per heavy atom. The molecule has 0 spiro atoms. The molecular formula is C27H27N3O5. The zero-order valence-electron chi connectivity index (χ0n) is 19.6. The maximum absolute atomic E-state index is 13.6. The molecule has 0 fully saturated rings. The van der Waals surface area contributed by atoms with E-state index in [0.717, 1.165) is 5.69 Å². The molecule has 4 aromatic rings. The monoisotopic (exact) mass is 473 g/mol. The number of nitrogens with zero attached hydrogens (tertiary/aromatic N) is 2. The SMILES string of the molecule is COC(=O)C[C@H](c1cccc(Oc2ccccc2)c1)c1c(O)cc(C)n(CCc2cnc[nH]2)c1=O. The van der Waals surface area contributed by atoms with E-state index >= 15 is 0 Å². The first-order chi connectivity index (χ1) is 17.0. The van der Waals surface area contributed by atoms with Crippen molar-refractivity contribution < 1.29 is 19.4 Å². The summed E-state index contributed by atoms with van der Waals surface area (Å²) in [7, 11) is 1.30. The number of aromatic hydroxyl groups is 1. The van der Waals surface area contributed by atoms with Crippen LogP contribution < -0.4 is 10.3 Å². The lowest BCUT2D eigenvalue weighted by Gasteiger charge is -2.21. The van der Waals surface area contributed by atoms with Gasteiger partial charge >= 0.3 is 5.97 Å². The van der Waals surface area contributed by atoms with E-state index in [2.05, 4.69) is 9.97 Å². The van der Waals surface area contributed by atoms with E-state index in [4.69, 9.17) is 9.47 Å². The predicted octanol–water partition coefficient (Wildman–Crippen LogP) is 4.32. The molecule has 0 radical (unpaired) electrons. The van der Waals surface area contributed by atoms with Crippen molar-refractivity contribution in [2.45, 2.75) is 32.2 Å². The lowest BCUT2D eigenvalue weighted by molar-refractivity contribution is -0.140. The summed E-state index contributed by atoms with van der Waals surface area (Å²) in [6.07, 6.45) is 3.74. The number of hydrogen-bond donors (Lipinski definition) is 2. The largest absolute Gasteiger partial charge is 0.507 e. The van der Waals surface area contributed by atoms with Crippen molar-refractivity contribution >= 4 is 5.97 Å². The number of H-pyrrole nitrogens is 1. The minimum absolute atomic E-state index is 0.113. The van der Waals surface area contributed by atoms with Gasteiger partial charge in [0.15, 0.2) is 0 Å². The highest BCUT2D eigenvalue weighted by Crippen LogP contribution is 2.34. The highest BCUT2D eigenvalue weighted by Gasteiger charge is 2.27. The Morgan fingerprint density at radius 3 is 2.60 bits per heavy atom. The van der Waals surface area contributed by atoms with Crippen molar-refractivity contribution in [3.63, 3.8) is 0 Å². The lowest BCUT2D eigenvalue weighted by atomic mass is 9.88. The first-order valence-corrected chi connectivity index (χ1v) is 11.3. The standard InChI is InChI=1S/C27H27N3O5/c1-18-13-24(31)26(27(33)30(18)12-11-20-16-28-17-29-20)23(15-25(32)34-2)19-7-6-10-22(14-19)35-21-8-4-3-5-9-21/h3-10,13-14,16-17,23,31H,11-12,15H2,1-2H3,(H,28,29)/t23-/m1/s1. The molecule has 0 aliphatic rings. The zero-order valence-corrected chi connectivity index (χ0v) is 19.6. The molecule has 0 saturated carbocycles. The summed E-state index contributed by atoms with van der Waals surface area (Å²) in [6, 6.07) is 18.0. The van der Waals surface area contributed by atoms with E-state index in [1.165, 1.54) is 7.11 Å². The number of esters is 1. The molecule has 2 aromatic carbocycles. The second-order valence-corrected chi connectivity index (χ2v) is 8.19. The van der Waals surface area contributed by atoms with Crippen molar-refractivity contribution in [1.82, 2.24) is 14.5 Å². The molecule has 180 valence electrons. The van der Waals surface area contributed by atoms with E-state index in [1.54, 1.807) is 54.3 Å². The van der Waals surface area contributed by atoms with Gasteiger partial charge in [-0.3, -0.25) is 9.59 Å². The van der Waals surface area contributed by atoms with Crippen molar-refractivity contribution in [3.8, 4) is 17.2 Å². The zero-order chi connectivity index (χ0) is 24.8. The number of aryl methyl sites for hydroxylation is 2. The van der Waals surface area contributed by atoms with Gasteiger partial charge in [0.1, 0.15) is 17.2 Å². The molecule has 2 N–H and O–H groups in total. The molecule has 8 heteroatoms. The van der Waals surface area contributed by atoms with Gasteiger partial charge in [-0.15, -0.1) is 0 Å². The third kappa shape index (κ3) is 5.60. The van der Waals surface area contributed by atoms with Crippen LogP contribution in [-0.2, 0) is 22.5 Å². The van der Waals surface area contributed by atoms with E-state index < -0.39 is 11.9 Å². The van der Waals surface area contributed by atoms with Gasteiger partial charge in [-0.1, -0.05) is 30.3 Å². The molecule has 0 saturated heterocycles. The number of aromatic amines is 1. The van der Waals surface area contributed by atoms with Gasteiger partial charge in [-0.25, -0.2) is 4.98 Å². The third-order valence-corrected chi connectivity index (χ3v) is 5.87. The first-order valence-electron chi connectivity index (χ1n) is 11.3. The van der Waals surface area contributed by atoms with E-state index in [9.17, 15) is 14.7 Å². The molecule has 35 heavy (non-hydrogen) atoms. The summed E-state index contributed by atoms with van der Waals surface area (Å²) in [5.41, 5.74) is 1.95. The van der Waals surface area contributed by atoms with Crippen LogP contribution in [0.25, 0.3) is 0 Å². The number of ether oxygens (including phenoxy) is 2. The number of pyridine rings is 1. The topological polar surface area (TPSA) is 106 Å². The summed E-state index contributed by atoms with van der Waals surface area (Å²) >= 11 is 0. The molecular weight excluding hydrogens is 446 g/mol. The van der Waals surface area contributed by atoms with Crippen molar-refractivity contribution in [1.29, 1.82) is 0 Å². The molecule has 2 heterocycles. The molecule has 1 atom stereocenters. The Hall–Kier alpha value is -4.33. The second kappa shape index (κ2) is 10.7. The van der Waals surface area contributed by atoms with Crippen molar-refractivity contribution in [2.24, 2.45) is 0 Å². The van der Waals surface area contributed by atoms with Crippen LogP contribution in [0.2, 0.25) is 0 Å². The van der Waals surface area contributed by atoms with Crippen LogP contribution in [0, 0.1) is 6.92 Å². The van der Waals surface area contributed by atoms with Gasteiger partial charge in [0.2, 0.25) is 0 Å². The van der Waals surface area contributed by atoms with Crippen LogP contribution in [-0.4, -0.2) is 32.7 Å². The number of para-hydroxylation sites is 1. The number of aromatic nitrogens is 3. The molecule has 4 rings (SSSR count). The van der Waals surface area contributed by atoms with Gasteiger partial charge < -0.3 is 24.1 Å². The Morgan fingerprint density at radius 2 is 1.89 bits per heavy atom. The summed E-state index contributed by atoms with van der Waals surface area (Å²) in [5.74, 6) is -0.169. The van der Waals surface area contributed by atoms with Crippen LogP contribution in [0.5, 0.6) is 17.2 Å². The summed E-state index contributed by atoms with van der Waals surface area (Å²) < 4.78 is 12.5. The molecule has 0 aliphatic carbocycles. The maximum Gasteiger partial charge on any atom is 0.306 e. The predicted molar refractivity (Wildman–Crippen MR) is 131 cm³/mol. The van der Waals surface area contributed by atoms with Gasteiger partial charge in [0.25, 0.3) is 5.56 Å². The number of imidazole rings is 1. The number of nitrogens with one attached hydrogen (secondary N) is 1. The minimum atomic E-state index is -0.728. The summed E-state index contributed by atoms with van der Waals surface area (Å²) in [6.45, 7) is 2.16. The number of carbonyl (C=O) groups excluding carboxylic acids is 1. The number of hydrogen-bond acceptors (Lipinski definition) is 6. The van der Waals surface area contributed by atoms with Crippen LogP contribution in [0.4, 0.5) is 0 Å². The highest BCUT2D eigenvalue weighted by atomic mass is 16.5. The Bertz CT molecular complexity index is 1350. The number of carbonyl (C=O) groups is 1. The second-order valence-electron chi connectivity index (χ2n) is 8.19. The Kier molecular flexibility index (Phi) is 7.30. The average Bonchev–Trinajstić information content (AvgIpc) is 3.37. The maximum atomic E-state index is 13.6. The summed E-state index contributed by atoms with van der Waals surface area (Å²) in [4.78, 5) is 33.0. The van der Waals surface area contributed by atoms with E-state index in [1.807, 2.05) is 30.3 Å². The quantitative estimate of drug-likeness (QED) is 0.351. The average molecular weight is 474 g/mol. The smallest absolute Gasteiger partial charge is 0.306 e. The molecule has 0 aliphatic heterocycles. The highest BCUT2D eigenvalue weighted by molar-refractivity contribution is 5.71. The van der Waals surface area contributed by atoms with Gasteiger partial charge in [-0.2, -0.15) is 0 Å². The fourth-order valence-corrected chi connectivity index (χ4v) is 4.08. The summed E-state index contributed by atoms with van der Waals surface area (Å²) in [5, 5.41) is 10.9. The van der Waals surface area contributed by atoms with Crippen molar-refractivity contribution in [2.75, 3.05) is 7.11 Å². The normalized spacial score (nSPS) is 11.7. The first kappa shape index (κ1) is 23.8. The Balaban J connectivity index is 1.74. The molecule has 0 bridgehead atoms. The fraction of sp³-hybridized carbons (Fsp3) is 0.222. The van der Waals surface area contributed by atoms with Crippen LogP contribution in [0.15, 0.2) is 78.0 Å². The van der Waals surface area contributed by atoms with Gasteiger partial charge in [-0.05, 0) is 42.8 Å². The number of rotatable bonds is 9. The van der Waals surface area contributed by atoms with Crippen LogP contribution in [0.1, 0.15) is 34.9 Å². The fourth-order valence-electron chi connectivity index (χ4n) is 4.08. The molecule has 0 unspecified atom stereocenters. The molecule has 8 nitrogen and oxygen atoms in total. The van der Waals surface area contributed by atoms with Crippen LogP contribution in [0.3, 0.4) is 0 Å². The number of methoxy groups -OCH3 is 1. The lowest BCUT2D eigenvalue weighted by Crippen LogP contribution is -2.29. The van der Waals surface area contributed by atoms with E-state index in [0.29, 0.717) is 35.7 Å². The molecule has 0 amide bonds. The number of benzene rings is 2. The van der Waals surface area contributed by atoms with E-state index in [-0.39, 0.29) is 23.3 Å². The van der Waals surface area contributed by atoms with Gasteiger partial charge in [0.05, 0.1) is 25.4 Å². The van der Waals surface area contributed by atoms with Crippen LogP contribution >= 0.6 is 0 Å². The van der Waals surface area contributed by atoms with Gasteiger partial charge in [0, 0.05) is 36.5 Å². The Labute approximate surface area is 202 Å². The van der Waals surface area contributed by atoms with Crippen molar-refractivity contribution in [3.05, 3.63) is 106 Å².